The second-order valence-corrected chi connectivity index (χ2v) is 7.97. The highest BCUT2D eigenvalue weighted by Gasteiger charge is 2.14. The average Bonchev–Trinajstić information content (AvgIpc) is 2.73. The van der Waals surface area contributed by atoms with Crippen molar-refractivity contribution in [3.05, 3.63) is 81.3 Å². The van der Waals surface area contributed by atoms with E-state index in [4.69, 9.17) is 32.7 Å². The zero-order chi connectivity index (χ0) is 22.4. The van der Waals surface area contributed by atoms with Gasteiger partial charge in [0.2, 0.25) is 0 Å². The number of hydrogen-bond donors (Lipinski definition) is 2. The van der Waals surface area contributed by atoms with Crippen LogP contribution < -0.4 is 20.1 Å². The molecule has 0 unspecified atom stereocenters. The summed E-state index contributed by atoms with van der Waals surface area (Å²) < 4.78 is 11.1. The zero-order valence-electron chi connectivity index (χ0n) is 17.6. The van der Waals surface area contributed by atoms with Crippen molar-refractivity contribution in [1.82, 2.24) is 0 Å². The van der Waals surface area contributed by atoms with E-state index in [1.54, 1.807) is 6.07 Å². The summed E-state index contributed by atoms with van der Waals surface area (Å²) in [7, 11) is 1.53. The number of hydrogen-bond acceptors (Lipinski definition) is 4. The first-order valence-electron chi connectivity index (χ1n) is 9.71. The molecule has 0 aliphatic carbocycles. The van der Waals surface area contributed by atoms with E-state index in [1.165, 1.54) is 7.11 Å². The van der Waals surface area contributed by atoms with Crippen LogP contribution in [0.3, 0.4) is 0 Å². The molecule has 162 valence electrons. The van der Waals surface area contributed by atoms with Gasteiger partial charge in [0, 0.05) is 22.9 Å². The highest BCUT2D eigenvalue weighted by Crippen LogP contribution is 2.36. The summed E-state index contributed by atoms with van der Waals surface area (Å²) in [5, 5.41) is 7.17. The number of aryl methyl sites for hydroxylation is 2. The van der Waals surface area contributed by atoms with Gasteiger partial charge in [-0.2, -0.15) is 0 Å². The van der Waals surface area contributed by atoms with Crippen molar-refractivity contribution in [2.24, 2.45) is 0 Å². The molecule has 3 aromatic carbocycles. The van der Waals surface area contributed by atoms with Gasteiger partial charge in [-0.15, -0.1) is 0 Å². The fourth-order valence-corrected chi connectivity index (χ4v) is 3.51. The van der Waals surface area contributed by atoms with E-state index >= 15 is 0 Å². The molecule has 0 fully saturated rings. The Bertz CT molecular complexity index is 1090. The van der Waals surface area contributed by atoms with Crippen LogP contribution in [0.1, 0.15) is 16.7 Å². The second-order valence-electron chi connectivity index (χ2n) is 7.13. The van der Waals surface area contributed by atoms with Gasteiger partial charge in [0.05, 0.1) is 12.1 Å². The molecule has 0 aliphatic heterocycles. The first-order chi connectivity index (χ1) is 14.9. The number of nitrogens with one attached hydrogen (secondary N) is 2. The van der Waals surface area contributed by atoms with E-state index in [2.05, 4.69) is 10.6 Å². The van der Waals surface area contributed by atoms with E-state index in [1.807, 2.05) is 62.4 Å². The van der Waals surface area contributed by atoms with Crippen LogP contribution >= 0.6 is 23.2 Å². The molecule has 3 rings (SSSR count). The topological polar surface area (TPSA) is 59.6 Å². The summed E-state index contributed by atoms with van der Waals surface area (Å²) in [5.74, 6) is 0.493. The minimum absolute atomic E-state index is 0.191. The van der Waals surface area contributed by atoms with Crippen molar-refractivity contribution < 1.29 is 14.3 Å². The SMILES string of the molecule is COc1cc(CNc2cc(Cl)ccc2C)cc(Cl)c1OCC(=O)Nc1cccc(C)c1. The minimum atomic E-state index is -0.286. The van der Waals surface area contributed by atoms with Crippen LogP contribution in [0.5, 0.6) is 11.5 Å². The lowest BCUT2D eigenvalue weighted by molar-refractivity contribution is -0.118. The summed E-state index contributed by atoms with van der Waals surface area (Å²) in [4.78, 5) is 12.3. The lowest BCUT2D eigenvalue weighted by atomic mass is 10.1. The Balaban J connectivity index is 1.66. The predicted octanol–water partition coefficient (Wildman–Crippen LogP) is 6.25. The lowest BCUT2D eigenvalue weighted by Crippen LogP contribution is -2.20. The third-order valence-corrected chi connectivity index (χ3v) is 5.14. The Hall–Kier alpha value is -2.89. The Morgan fingerprint density at radius 1 is 1.03 bits per heavy atom. The largest absolute Gasteiger partial charge is 0.493 e. The van der Waals surface area contributed by atoms with Crippen LogP contribution in [0, 0.1) is 13.8 Å². The molecular weight excluding hydrogens is 435 g/mol. The maximum atomic E-state index is 12.3. The number of benzene rings is 3. The number of carbonyl (C=O) groups excluding carboxylic acids is 1. The first kappa shape index (κ1) is 22.8. The van der Waals surface area contributed by atoms with Gasteiger partial charge in [-0.25, -0.2) is 0 Å². The molecular formula is C24H24Cl2N2O3. The van der Waals surface area contributed by atoms with Crippen LogP contribution in [0.4, 0.5) is 11.4 Å². The van der Waals surface area contributed by atoms with Crippen LogP contribution in [-0.2, 0) is 11.3 Å². The Labute approximate surface area is 192 Å². The van der Waals surface area contributed by atoms with E-state index in [-0.39, 0.29) is 12.5 Å². The quantitative estimate of drug-likeness (QED) is 0.418. The number of carbonyl (C=O) groups is 1. The van der Waals surface area contributed by atoms with Crippen molar-refractivity contribution in [3.8, 4) is 11.5 Å². The van der Waals surface area contributed by atoms with Gasteiger partial charge in [0.1, 0.15) is 0 Å². The van der Waals surface area contributed by atoms with Crippen molar-refractivity contribution in [2.75, 3.05) is 24.4 Å². The van der Waals surface area contributed by atoms with Crippen LogP contribution in [0.15, 0.2) is 54.6 Å². The number of amides is 1. The van der Waals surface area contributed by atoms with Gasteiger partial charge in [-0.3, -0.25) is 4.79 Å². The summed E-state index contributed by atoms with van der Waals surface area (Å²) in [6.45, 7) is 4.29. The maximum Gasteiger partial charge on any atom is 0.262 e. The molecule has 0 heterocycles. The molecule has 1 amide bonds. The molecule has 0 aliphatic rings. The molecule has 0 radical (unpaired) electrons. The first-order valence-corrected chi connectivity index (χ1v) is 10.5. The van der Waals surface area contributed by atoms with E-state index in [0.29, 0.717) is 33.8 Å². The molecule has 0 atom stereocenters. The van der Waals surface area contributed by atoms with E-state index in [9.17, 15) is 4.79 Å². The van der Waals surface area contributed by atoms with Gasteiger partial charge < -0.3 is 20.1 Å². The maximum absolute atomic E-state index is 12.3. The average molecular weight is 459 g/mol. The van der Waals surface area contributed by atoms with Crippen molar-refractivity contribution in [1.29, 1.82) is 0 Å². The summed E-state index contributed by atoms with van der Waals surface area (Å²) >= 11 is 12.5. The van der Waals surface area contributed by atoms with Crippen LogP contribution in [0.25, 0.3) is 0 Å². The molecule has 0 bridgehead atoms. The van der Waals surface area contributed by atoms with Gasteiger partial charge in [-0.05, 0) is 66.9 Å². The molecule has 5 nitrogen and oxygen atoms in total. The van der Waals surface area contributed by atoms with Crippen LogP contribution in [-0.4, -0.2) is 19.6 Å². The molecule has 2 N–H and O–H groups in total. The fourth-order valence-electron chi connectivity index (χ4n) is 3.05. The monoisotopic (exact) mass is 458 g/mol. The van der Waals surface area contributed by atoms with Crippen LogP contribution in [0.2, 0.25) is 10.0 Å². The van der Waals surface area contributed by atoms with Gasteiger partial charge >= 0.3 is 0 Å². The zero-order valence-corrected chi connectivity index (χ0v) is 19.1. The van der Waals surface area contributed by atoms with Gasteiger partial charge in [-0.1, -0.05) is 41.4 Å². The second kappa shape index (κ2) is 10.4. The normalized spacial score (nSPS) is 10.5. The van der Waals surface area contributed by atoms with Gasteiger partial charge in [0.15, 0.2) is 18.1 Å². The number of ether oxygens (including phenoxy) is 2. The Kier molecular flexibility index (Phi) is 7.66. The number of methoxy groups -OCH3 is 1. The third-order valence-electron chi connectivity index (χ3n) is 4.62. The number of halogens is 2. The summed E-state index contributed by atoms with van der Waals surface area (Å²) in [6.07, 6.45) is 0. The molecule has 0 saturated carbocycles. The molecule has 0 aromatic heterocycles. The highest BCUT2D eigenvalue weighted by atomic mass is 35.5. The van der Waals surface area contributed by atoms with Crippen molar-refractivity contribution in [3.63, 3.8) is 0 Å². The minimum Gasteiger partial charge on any atom is -0.493 e. The predicted molar refractivity (Wildman–Crippen MR) is 127 cm³/mol. The van der Waals surface area contributed by atoms with E-state index in [0.717, 1.165) is 22.4 Å². The van der Waals surface area contributed by atoms with Crippen molar-refractivity contribution in [2.45, 2.75) is 20.4 Å². The molecule has 0 spiro atoms. The summed E-state index contributed by atoms with van der Waals surface area (Å²) in [5.41, 5.74) is 4.69. The Morgan fingerprint density at radius 3 is 2.58 bits per heavy atom. The smallest absolute Gasteiger partial charge is 0.262 e. The van der Waals surface area contributed by atoms with Crippen molar-refractivity contribution >= 4 is 40.5 Å². The summed E-state index contributed by atoms with van der Waals surface area (Å²) in [6, 6.07) is 16.8. The fraction of sp³-hybridized carbons (Fsp3) is 0.208. The standard InChI is InChI=1S/C24H24Cl2N2O3/c1-15-5-4-6-19(9-15)28-23(29)14-31-24-20(26)10-17(11-22(24)30-3)13-27-21-12-18(25)8-7-16(21)2/h4-12,27H,13-14H2,1-3H3,(H,28,29). The molecule has 0 saturated heterocycles. The highest BCUT2D eigenvalue weighted by molar-refractivity contribution is 6.32. The Morgan fingerprint density at radius 2 is 1.84 bits per heavy atom. The molecule has 3 aromatic rings. The van der Waals surface area contributed by atoms with E-state index < -0.39 is 0 Å². The molecule has 31 heavy (non-hydrogen) atoms. The lowest BCUT2D eigenvalue weighted by Gasteiger charge is -2.15. The third kappa shape index (κ3) is 6.29. The van der Waals surface area contributed by atoms with Gasteiger partial charge in [0.25, 0.3) is 5.91 Å². The number of anilines is 2. The molecule has 7 heteroatoms. The number of rotatable bonds is 8.